The lowest BCUT2D eigenvalue weighted by Crippen LogP contribution is -2.13. The smallest absolute Gasteiger partial charge is 0.135 e. The molecular formula is C18H19NO. The Balaban J connectivity index is 1.87. The van der Waals surface area contributed by atoms with Gasteiger partial charge in [0.05, 0.1) is 0 Å². The van der Waals surface area contributed by atoms with Gasteiger partial charge in [0.25, 0.3) is 0 Å². The molecule has 0 unspecified atom stereocenters. The number of hydrogen-bond acceptors (Lipinski definition) is 2. The van der Waals surface area contributed by atoms with E-state index in [1.807, 2.05) is 18.2 Å². The fourth-order valence-electron chi connectivity index (χ4n) is 2.37. The summed E-state index contributed by atoms with van der Waals surface area (Å²) in [4.78, 5) is 0. The zero-order valence-corrected chi connectivity index (χ0v) is 11.7. The van der Waals surface area contributed by atoms with Crippen LogP contribution in [0.5, 0.6) is 0 Å². The maximum absolute atomic E-state index is 5.91. The zero-order valence-electron chi connectivity index (χ0n) is 11.7. The number of rotatable bonds is 5. The van der Waals surface area contributed by atoms with E-state index in [0.717, 1.165) is 41.8 Å². The van der Waals surface area contributed by atoms with E-state index in [0.29, 0.717) is 0 Å². The zero-order chi connectivity index (χ0) is 13.8. The highest BCUT2D eigenvalue weighted by Gasteiger charge is 2.06. The van der Waals surface area contributed by atoms with Crippen LogP contribution in [0, 0.1) is 0 Å². The van der Waals surface area contributed by atoms with E-state index < -0.39 is 0 Å². The van der Waals surface area contributed by atoms with Crippen molar-refractivity contribution in [3.05, 3.63) is 60.2 Å². The lowest BCUT2D eigenvalue weighted by molar-refractivity contribution is 0.631. The van der Waals surface area contributed by atoms with Gasteiger partial charge in [-0.2, -0.15) is 0 Å². The molecule has 0 amide bonds. The van der Waals surface area contributed by atoms with Crippen LogP contribution < -0.4 is 5.32 Å². The Bertz CT molecular complexity index is 666. The number of para-hydroxylation sites is 1. The van der Waals surface area contributed by atoms with Gasteiger partial charge in [-0.05, 0) is 36.7 Å². The number of hydrogen-bond donors (Lipinski definition) is 1. The summed E-state index contributed by atoms with van der Waals surface area (Å²) in [6.07, 6.45) is 1.16. The van der Waals surface area contributed by atoms with E-state index in [1.165, 1.54) is 5.56 Å². The Morgan fingerprint density at radius 1 is 1.00 bits per heavy atom. The van der Waals surface area contributed by atoms with Crippen molar-refractivity contribution in [2.45, 2.75) is 19.9 Å². The van der Waals surface area contributed by atoms with Crippen LogP contribution in [0.15, 0.2) is 59.0 Å². The summed E-state index contributed by atoms with van der Waals surface area (Å²) in [5.74, 6) is 0.934. The summed E-state index contributed by atoms with van der Waals surface area (Å²) in [5.41, 5.74) is 3.37. The fraction of sp³-hybridized carbons (Fsp3) is 0.222. The molecule has 102 valence electrons. The molecule has 0 aliphatic rings. The van der Waals surface area contributed by atoms with Crippen molar-refractivity contribution < 1.29 is 4.42 Å². The lowest BCUT2D eigenvalue weighted by atomic mass is 10.1. The summed E-state index contributed by atoms with van der Waals surface area (Å²) < 4.78 is 5.91. The molecular weight excluding hydrogens is 246 g/mol. The van der Waals surface area contributed by atoms with Gasteiger partial charge in [0.15, 0.2) is 0 Å². The maximum Gasteiger partial charge on any atom is 0.135 e. The van der Waals surface area contributed by atoms with Crippen molar-refractivity contribution in [2.75, 3.05) is 6.54 Å². The van der Waals surface area contributed by atoms with Crippen LogP contribution in [0.1, 0.15) is 18.9 Å². The van der Waals surface area contributed by atoms with Crippen molar-refractivity contribution in [3.63, 3.8) is 0 Å². The Kier molecular flexibility index (Phi) is 3.84. The van der Waals surface area contributed by atoms with Gasteiger partial charge in [-0.25, -0.2) is 0 Å². The van der Waals surface area contributed by atoms with Gasteiger partial charge in [0, 0.05) is 17.5 Å². The maximum atomic E-state index is 5.91. The van der Waals surface area contributed by atoms with Crippen LogP contribution in [0.4, 0.5) is 0 Å². The average molecular weight is 265 g/mol. The molecule has 1 N–H and O–H groups in total. The van der Waals surface area contributed by atoms with Crippen LogP contribution in [-0.4, -0.2) is 6.54 Å². The van der Waals surface area contributed by atoms with Crippen molar-refractivity contribution in [1.82, 2.24) is 5.32 Å². The second kappa shape index (κ2) is 5.93. The summed E-state index contributed by atoms with van der Waals surface area (Å²) in [5, 5.41) is 4.58. The van der Waals surface area contributed by atoms with Gasteiger partial charge in [-0.3, -0.25) is 0 Å². The van der Waals surface area contributed by atoms with Gasteiger partial charge in [0.2, 0.25) is 0 Å². The van der Waals surface area contributed by atoms with E-state index in [-0.39, 0.29) is 0 Å². The van der Waals surface area contributed by atoms with Crippen LogP contribution in [-0.2, 0) is 6.54 Å². The predicted octanol–water partition coefficient (Wildman–Crippen LogP) is 4.60. The van der Waals surface area contributed by atoms with Crippen molar-refractivity contribution >= 4 is 11.0 Å². The molecule has 0 radical (unpaired) electrons. The Hall–Kier alpha value is -2.06. The van der Waals surface area contributed by atoms with Crippen molar-refractivity contribution in [3.8, 4) is 11.3 Å². The minimum atomic E-state index is 0.905. The molecule has 20 heavy (non-hydrogen) atoms. The summed E-state index contributed by atoms with van der Waals surface area (Å²) in [6, 6.07) is 18.8. The molecule has 0 bridgehead atoms. The first-order valence-electron chi connectivity index (χ1n) is 7.15. The molecule has 0 spiro atoms. The van der Waals surface area contributed by atoms with Gasteiger partial charge in [0.1, 0.15) is 11.3 Å². The van der Waals surface area contributed by atoms with E-state index >= 15 is 0 Å². The molecule has 3 aromatic rings. The molecule has 2 heteroatoms. The van der Waals surface area contributed by atoms with Crippen LogP contribution in [0.3, 0.4) is 0 Å². The predicted molar refractivity (Wildman–Crippen MR) is 83.6 cm³/mol. The highest BCUT2D eigenvalue weighted by Crippen LogP contribution is 2.28. The van der Waals surface area contributed by atoms with Gasteiger partial charge >= 0.3 is 0 Å². The molecule has 0 aliphatic heterocycles. The topological polar surface area (TPSA) is 25.2 Å². The summed E-state index contributed by atoms with van der Waals surface area (Å²) >= 11 is 0. The van der Waals surface area contributed by atoms with Gasteiger partial charge in [-0.1, -0.05) is 43.3 Å². The third kappa shape index (κ3) is 2.75. The second-order valence-electron chi connectivity index (χ2n) is 5.03. The molecule has 0 saturated heterocycles. The minimum absolute atomic E-state index is 0.905. The molecule has 2 nitrogen and oxygen atoms in total. The fourth-order valence-corrected chi connectivity index (χ4v) is 2.37. The molecule has 2 aromatic carbocycles. The lowest BCUT2D eigenvalue weighted by Gasteiger charge is -2.04. The van der Waals surface area contributed by atoms with Gasteiger partial charge < -0.3 is 9.73 Å². The van der Waals surface area contributed by atoms with Crippen LogP contribution >= 0.6 is 0 Å². The first kappa shape index (κ1) is 12.9. The molecule has 1 heterocycles. The molecule has 0 aliphatic carbocycles. The first-order chi connectivity index (χ1) is 9.86. The van der Waals surface area contributed by atoms with Crippen molar-refractivity contribution in [1.29, 1.82) is 0 Å². The monoisotopic (exact) mass is 265 g/mol. The summed E-state index contributed by atoms with van der Waals surface area (Å²) in [7, 11) is 0. The van der Waals surface area contributed by atoms with E-state index in [9.17, 15) is 0 Å². The average Bonchev–Trinajstić information content (AvgIpc) is 2.92. The van der Waals surface area contributed by atoms with Crippen LogP contribution in [0.25, 0.3) is 22.3 Å². The standard InChI is InChI=1S/C18H19NO/c1-2-10-19-13-14-6-5-8-15(11-14)18-12-16-7-3-4-9-17(16)20-18/h3-9,11-12,19H,2,10,13H2,1H3. The molecule has 0 saturated carbocycles. The number of furan rings is 1. The largest absolute Gasteiger partial charge is 0.456 e. The minimum Gasteiger partial charge on any atom is -0.456 e. The highest BCUT2D eigenvalue weighted by molar-refractivity contribution is 5.82. The first-order valence-corrected chi connectivity index (χ1v) is 7.15. The number of fused-ring (bicyclic) bond motifs is 1. The third-order valence-corrected chi connectivity index (χ3v) is 3.39. The van der Waals surface area contributed by atoms with E-state index in [2.05, 4.69) is 48.6 Å². The second-order valence-corrected chi connectivity index (χ2v) is 5.03. The number of benzene rings is 2. The highest BCUT2D eigenvalue weighted by atomic mass is 16.3. The quantitative estimate of drug-likeness (QED) is 0.682. The Morgan fingerprint density at radius 3 is 2.75 bits per heavy atom. The van der Waals surface area contributed by atoms with Crippen molar-refractivity contribution in [2.24, 2.45) is 0 Å². The van der Waals surface area contributed by atoms with E-state index in [1.54, 1.807) is 0 Å². The number of nitrogens with one attached hydrogen (secondary N) is 1. The molecule has 1 aromatic heterocycles. The Labute approximate surface area is 119 Å². The third-order valence-electron chi connectivity index (χ3n) is 3.39. The Morgan fingerprint density at radius 2 is 1.90 bits per heavy atom. The SMILES string of the molecule is CCCNCc1cccc(-c2cc3ccccc3o2)c1. The molecule has 0 fully saturated rings. The summed E-state index contributed by atoms with van der Waals surface area (Å²) in [6.45, 7) is 4.13. The van der Waals surface area contributed by atoms with E-state index in [4.69, 9.17) is 4.42 Å². The molecule has 3 rings (SSSR count). The van der Waals surface area contributed by atoms with Crippen LogP contribution in [0.2, 0.25) is 0 Å². The van der Waals surface area contributed by atoms with Gasteiger partial charge in [-0.15, -0.1) is 0 Å². The normalized spacial score (nSPS) is 11.1. The molecule has 0 atom stereocenters.